The van der Waals surface area contributed by atoms with Gasteiger partial charge in [0.05, 0.1) is 18.1 Å². The number of aliphatic carboxylic acids is 1. The van der Waals surface area contributed by atoms with E-state index >= 15 is 0 Å². The summed E-state index contributed by atoms with van der Waals surface area (Å²) in [6.07, 6.45) is 7.70. The molecule has 0 aromatic carbocycles. The van der Waals surface area contributed by atoms with Crippen LogP contribution in [0.3, 0.4) is 0 Å². The number of fused-ring (bicyclic) bond motifs is 7. The van der Waals surface area contributed by atoms with E-state index in [-0.39, 0.29) is 38.9 Å². The summed E-state index contributed by atoms with van der Waals surface area (Å²) >= 11 is 0. The molecule has 7 nitrogen and oxygen atoms in total. The summed E-state index contributed by atoms with van der Waals surface area (Å²) in [7, 11) is 0. The predicted octanol–water partition coefficient (Wildman–Crippen LogP) is 5.72. The minimum absolute atomic E-state index is 0.00173. The zero-order chi connectivity index (χ0) is 32.3. The minimum Gasteiger partial charge on any atom is -0.481 e. The molecule has 6 rings (SSSR count). The maximum atomic E-state index is 12.9. The summed E-state index contributed by atoms with van der Waals surface area (Å²) in [5.41, 5.74) is 1.24. The molecule has 0 bridgehead atoms. The zero-order valence-electron chi connectivity index (χ0n) is 28.3. The van der Waals surface area contributed by atoms with E-state index < -0.39 is 48.5 Å². The number of hydrogen-bond donors (Lipinski definition) is 5. The lowest BCUT2D eigenvalue weighted by molar-refractivity contribution is -0.241. The average Bonchev–Trinajstić information content (AvgIpc) is 2.94. The first kappa shape index (κ1) is 32.9. The standard InChI is InChI=1S/C37H60O7/c1-32(2)14-16-37(31(42)43)17-15-35(6)22(23(37)19-32)8-9-27-34(5)12-10-21(33(3,4)26(34)11-13-36(27,35)7)18-24-28(39)30(41)29(40)25(20-38)44-24/h8,21,23-30,38-41H,9-20H2,1-7H3,(H,42,43)/t21-,23?,24+,25?,26?,27?,28?,29+,30?,34+,35-,36-,37+/m1/s1. The normalized spacial score (nSPS) is 52.9. The van der Waals surface area contributed by atoms with Gasteiger partial charge < -0.3 is 30.3 Å². The molecule has 44 heavy (non-hydrogen) atoms. The monoisotopic (exact) mass is 616 g/mol. The molecule has 1 heterocycles. The van der Waals surface area contributed by atoms with Gasteiger partial charge in [-0.3, -0.25) is 4.79 Å². The molecule has 5 N–H and O–H groups in total. The van der Waals surface area contributed by atoms with Crippen LogP contribution in [-0.4, -0.2) is 68.6 Å². The summed E-state index contributed by atoms with van der Waals surface area (Å²) in [4.78, 5) is 12.9. The molecule has 6 aliphatic rings. The van der Waals surface area contributed by atoms with Crippen molar-refractivity contribution in [3.63, 3.8) is 0 Å². The van der Waals surface area contributed by atoms with Crippen molar-refractivity contribution in [3.05, 3.63) is 11.6 Å². The van der Waals surface area contributed by atoms with Crippen molar-refractivity contribution < 1.29 is 35.1 Å². The zero-order valence-corrected chi connectivity index (χ0v) is 28.3. The summed E-state index contributed by atoms with van der Waals surface area (Å²) < 4.78 is 5.99. The molecule has 0 amide bonds. The Morgan fingerprint density at radius 1 is 0.841 bits per heavy atom. The second-order valence-electron chi connectivity index (χ2n) is 18.3. The SMILES string of the molecule is CC1(C)CC[C@]2(C(=O)O)CC[C@]3(C)C(=CCC4[C@@]5(C)CC[C@H](C[C@@H]6OC(CO)[C@H](O)C(O)C6O)C(C)(C)C5CC[C@]43C)C2C1. The number of aliphatic hydroxyl groups excluding tert-OH is 4. The largest absolute Gasteiger partial charge is 0.481 e. The molecule has 0 aromatic rings. The van der Waals surface area contributed by atoms with Crippen molar-refractivity contribution in [1.82, 2.24) is 0 Å². The number of allylic oxidation sites excluding steroid dienone is 2. The number of aliphatic hydroxyl groups is 4. The van der Waals surface area contributed by atoms with Crippen LogP contribution in [0.25, 0.3) is 0 Å². The van der Waals surface area contributed by atoms with Crippen molar-refractivity contribution in [1.29, 1.82) is 0 Å². The van der Waals surface area contributed by atoms with Gasteiger partial charge >= 0.3 is 5.97 Å². The highest BCUT2D eigenvalue weighted by Crippen LogP contribution is 2.76. The highest BCUT2D eigenvalue weighted by molar-refractivity contribution is 5.76. The van der Waals surface area contributed by atoms with Gasteiger partial charge in [0.15, 0.2) is 0 Å². The first-order chi connectivity index (χ1) is 20.4. The van der Waals surface area contributed by atoms with Crippen LogP contribution in [0.1, 0.15) is 119 Å². The Morgan fingerprint density at radius 2 is 1.50 bits per heavy atom. The van der Waals surface area contributed by atoms with Crippen molar-refractivity contribution in [2.75, 3.05) is 6.61 Å². The third-order valence-corrected chi connectivity index (χ3v) is 15.8. The topological polar surface area (TPSA) is 127 Å². The van der Waals surface area contributed by atoms with Crippen LogP contribution in [-0.2, 0) is 9.53 Å². The Kier molecular flexibility index (Phi) is 7.86. The van der Waals surface area contributed by atoms with E-state index in [1.54, 1.807) is 0 Å². The van der Waals surface area contributed by atoms with Crippen LogP contribution in [0.5, 0.6) is 0 Å². The smallest absolute Gasteiger partial charge is 0.310 e. The second-order valence-corrected chi connectivity index (χ2v) is 18.3. The average molecular weight is 617 g/mol. The highest BCUT2D eigenvalue weighted by atomic mass is 16.5. The summed E-state index contributed by atoms with van der Waals surface area (Å²) in [5.74, 6) is 0.835. The Balaban J connectivity index is 1.29. The molecule has 1 aliphatic heterocycles. The molecule has 0 radical (unpaired) electrons. The minimum atomic E-state index is -1.33. The van der Waals surface area contributed by atoms with E-state index in [0.717, 1.165) is 64.2 Å². The van der Waals surface area contributed by atoms with E-state index in [1.165, 1.54) is 5.57 Å². The van der Waals surface area contributed by atoms with Crippen LogP contribution in [0, 0.1) is 56.2 Å². The number of ether oxygens (including phenoxy) is 1. The van der Waals surface area contributed by atoms with Crippen molar-refractivity contribution >= 4 is 5.97 Å². The van der Waals surface area contributed by atoms with Gasteiger partial charge in [-0.05, 0) is 121 Å². The van der Waals surface area contributed by atoms with Crippen molar-refractivity contribution in [3.8, 4) is 0 Å². The fraction of sp³-hybridized carbons (Fsp3) is 0.919. The molecular weight excluding hydrogens is 556 g/mol. The maximum absolute atomic E-state index is 12.9. The van der Waals surface area contributed by atoms with Gasteiger partial charge in [0.25, 0.3) is 0 Å². The predicted molar refractivity (Wildman–Crippen MR) is 169 cm³/mol. The van der Waals surface area contributed by atoms with Gasteiger partial charge in [0.2, 0.25) is 0 Å². The van der Waals surface area contributed by atoms with Crippen LogP contribution >= 0.6 is 0 Å². The van der Waals surface area contributed by atoms with Crippen molar-refractivity contribution in [2.24, 2.45) is 56.2 Å². The summed E-state index contributed by atoms with van der Waals surface area (Å²) in [5, 5.41) is 52.0. The van der Waals surface area contributed by atoms with Gasteiger partial charge in [0, 0.05) is 0 Å². The number of hydrogen-bond acceptors (Lipinski definition) is 6. The van der Waals surface area contributed by atoms with E-state index in [1.807, 2.05) is 0 Å². The van der Waals surface area contributed by atoms with Crippen LogP contribution < -0.4 is 0 Å². The molecule has 7 heteroatoms. The molecule has 5 fully saturated rings. The van der Waals surface area contributed by atoms with Crippen LogP contribution in [0.4, 0.5) is 0 Å². The van der Waals surface area contributed by atoms with Crippen LogP contribution in [0.15, 0.2) is 11.6 Å². The lowest BCUT2D eigenvalue weighted by Gasteiger charge is -2.71. The Bertz CT molecular complexity index is 1180. The third-order valence-electron chi connectivity index (χ3n) is 15.8. The third kappa shape index (κ3) is 4.41. The molecule has 5 aliphatic carbocycles. The number of carboxylic acids is 1. The van der Waals surface area contributed by atoms with Gasteiger partial charge in [0.1, 0.15) is 24.4 Å². The summed E-state index contributed by atoms with van der Waals surface area (Å²) in [6.45, 7) is 16.6. The molecule has 6 unspecified atom stereocenters. The van der Waals surface area contributed by atoms with Crippen molar-refractivity contribution in [2.45, 2.75) is 150 Å². The van der Waals surface area contributed by atoms with Crippen LogP contribution in [0.2, 0.25) is 0 Å². The second kappa shape index (κ2) is 10.5. The first-order valence-corrected chi connectivity index (χ1v) is 17.6. The van der Waals surface area contributed by atoms with E-state index in [9.17, 15) is 30.3 Å². The van der Waals surface area contributed by atoms with Gasteiger partial charge in [-0.2, -0.15) is 0 Å². The molecule has 0 aromatic heterocycles. The van der Waals surface area contributed by atoms with E-state index in [4.69, 9.17) is 4.74 Å². The van der Waals surface area contributed by atoms with Gasteiger partial charge in [-0.15, -0.1) is 0 Å². The van der Waals surface area contributed by atoms with E-state index in [2.05, 4.69) is 54.5 Å². The highest BCUT2D eigenvalue weighted by Gasteiger charge is 2.69. The molecule has 1 saturated heterocycles. The van der Waals surface area contributed by atoms with E-state index in [0.29, 0.717) is 18.3 Å². The number of rotatable bonds is 4. The molecule has 250 valence electrons. The maximum Gasteiger partial charge on any atom is 0.310 e. The molecule has 4 saturated carbocycles. The Hall–Kier alpha value is -0.990. The fourth-order valence-electron chi connectivity index (χ4n) is 12.8. The van der Waals surface area contributed by atoms with Gasteiger partial charge in [-0.25, -0.2) is 0 Å². The Labute approximate surface area is 264 Å². The molecule has 13 atom stereocenters. The quantitative estimate of drug-likeness (QED) is 0.256. The molecular formula is C37H60O7. The lowest BCUT2D eigenvalue weighted by Crippen LogP contribution is -2.65. The van der Waals surface area contributed by atoms with Gasteiger partial charge in [-0.1, -0.05) is 60.1 Å². The summed E-state index contributed by atoms with van der Waals surface area (Å²) in [6, 6.07) is 0. The first-order valence-electron chi connectivity index (χ1n) is 17.6. The number of carboxylic acid groups (broad SMARTS) is 1. The fourth-order valence-corrected chi connectivity index (χ4v) is 12.8. The Morgan fingerprint density at radius 3 is 2.16 bits per heavy atom. The molecule has 0 spiro atoms. The number of carbonyl (C=O) groups is 1. The lowest BCUT2D eigenvalue weighted by atomic mass is 9.33.